The van der Waals surface area contributed by atoms with Crippen molar-refractivity contribution in [1.82, 2.24) is 20.3 Å². The molecule has 2 heterocycles. The predicted molar refractivity (Wildman–Crippen MR) is 106 cm³/mol. The molecule has 0 saturated carbocycles. The van der Waals surface area contributed by atoms with E-state index in [1.165, 1.54) is 0 Å². The lowest BCUT2D eigenvalue weighted by molar-refractivity contribution is -0.124. The van der Waals surface area contributed by atoms with E-state index in [1.54, 1.807) is 13.0 Å². The van der Waals surface area contributed by atoms with Gasteiger partial charge < -0.3 is 15.2 Å². The molecule has 1 unspecified atom stereocenters. The van der Waals surface area contributed by atoms with Crippen LogP contribution < -0.4 is 10.6 Å². The van der Waals surface area contributed by atoms with Crippen LogP contribution in [-0.4, -0.2) is 66.0 Å². The molecule has 8 nitrogen and oxygen atoms in total. The lowest BCUT2D eigenvalue weighted by Gasteiger charge is -2.34. The van der Waals surface area contributed by atoms with Crippen molar-refractivity contribution in [2.45, 2.75) is 19.9 Å². The molecule has 1 saturated heterocycles. The third-order valence-corrected chi connectivity index (χ3v) is 4.77. The van der Waals surface area contributed by atoms with E-state index in [0.717, 1.165) is 31.7 Å². The molecule has 0 aliphatic carbocycles. The van der Waals surface area contributed by atoms with Crippen molar-refractivity contribution >= 4 is 17.6 Å². The number of rotatable bonds is 7. The van der Waals surface area contributed by atoms with E-state index >= 15 is 0 Å². The molecule has 3 rings (SSSR count). The summed E-state index contributed by atoms with van der Waals surface area (Å²) < 4.78 is 4.94. The van der Waals surface area contributed by atoms with Gasteiger partial charge in [0.05, 0.1) is 19.1 Å². The number of nitrogens with zero attached hydrogens (tertiary/aromatic N) is 3. The second kappa shape index (κ2) is 9.48. The highest BCUT2D eigenvalue weighted by Gasteiger charge is 2.21. The smallest absolute Gasteiger partial charge is 0.239 e. The summed E-state index contributed by atoms with van der Waals surface area (Å²) in [7, 11) is 0. The number of hydrogen-bond acceptors (Lipinski definition) is 6. The zero-order chi connectivity index (χ0) is 19.9. The Morgan fingerprint density at radius 2 is 1.68 bits per heavy atom. The molecule has 2 N–H and O–H groups in total. The van der Waals surface area contributed by atoms with Crippen molar-refractivity contribution in [3.05, 3.63) is 47.7 Å². The number of aryl methyl sites for hydroxylation is 1. The van der Waals surface area contributed by atoms with Gasteiger partial charge in [-0.25, -0.2) is 0 Å². The van der Waals surface area contributed by atoms with E-state index < -0.39 is 0 Å². The van der Waals surface area contributed by atoms with Gasteiger partial charge >= 0.3 is 0 Å². The largest absolute Gasteiger partial charge is 0.360 e. The minimum Gasteiger partial charge on any atom is -0.360 e. The van der Waals surface area contributed by atoms with Crippen LogP contribution in [0.3, 0.4) is 0 Å². The van der Waals surface area contributed by atoms with E-state index in [0.29, 0.717) is 24.7 Å². The van der Waals surface area contributed by atoms with Crippen LogP contribution in [0.5, 0.6) is 0 Å². The van der Waals surface area contributed by atoms with Gasteiger partial charge in [0.2, 0.25) is 11.8 Å². The van der Waals surface area contributed by atoms with Crippen LogP contribution in [0.1, 0.15) is 24.3 Å². The van der Waals surface area contributed by atoms with E-state index in [9.17, 15) is 9.59 Å². The molecule has 150 valence electrons. The standard InChI is InChI=1S/C20H27N5O3/c1-15-12-18(23-28-15)22-20(27)14-25-10-8-24(9-11-25)13-19(26)21-16(2)17-6-4-3-5-7-17/h3-7,12,16H,8-11,13-14H2,1-2H3,(H,21,26)(H,22,23,27). The lowest BCUT2D eigenvalue weighted by Crippen LogP contribution is -2.51. The van der Waals surface area contributed by atoms with Gasteiger partial charge in [-0.05, 0) is 19.4 Å². The molecule has 1 aromatic carbocycles. The number of hydrogen-bond donors (Lipinski definition) is 2. The second-order valence-corrected chi connectivity index (χ2v) is 7.12. The Hall–Kier alpha value is -2.71. The number of carbonyl (C=O) groups is 2. The Morgan fingerprint density at radius 3 is 2.25 bits per heavy atom. The van der Waals surface area contributed by atoms with Crippen LogP contribution in [0.4, 0.5) is 5.82 Å². The molecule has 2 aromatic rings. The summed E-state index contributed by atoms with van der Waals surface area (Å²) in [6, 6.07) is 11.6. The van der Waals surface area contributed by atoms with Crippen LogP contribution in [0.2, 0.25) is 0 Å². The highest BCUT2D eigenvalue weighted by molar-refractivity contribution is 5.91. The highest BCUT2D eigenvalue weighted by atomic mass is 16.5. The summed E-state index contributed by atoms with van der Waals surface area (Å²) in [4.78, 5) is 28.6. The third kappa shape index (κ3) is 5.90. The van der Waals surface area contributed by atoms with Crippen molar-refractivity contribution in [3.8, 4) is 0 Å². The van der Waals surface area contributed by atoms with Crippen molar-refractivity contribution in [3.63, 3.8) is 0 Å². The van der Waals surface area contributed by atoms with Gasteiger partial charge in [-0.15, -0.1) is 0 Å². The molecular weight excluding hydrogens is 358 g/mol. The third-order valence-electron chi connectivity index (χ3n) is 4.77. The SMILES string of the molecule is Cc1cc(NC(=O)CN2CCN(CC(=O)NC(C)c3ccccc3)CC2)no1. The summed E-state index contributed by atoms with van der Waals surface area (Å²) in [5.41, 5.74) is 1.09. The molecule has 0 bridgehead atoms. The topological polar surface area (TPSA) is 90.7 Å². The minimum atomic E-state index is -0.115. The van der Waals surface area contributed by atoms with Gasteiger partial charge in [-0.2, -0.15) is 0 Å². The Morgan fingerprint density at radius 1 is 1.07 bits per heavy atom. The minimum absolute atomic E-state index is 0.0150. The first kappa shape index (κ1) is 20.0. The zero-order valence-electron chi connectivity index (χ0n) is 16.4. The molecule has 0 spiro atoms. The Bertz CT molecular complexity index is 784. The average Bonchev–Trinajstić information content (AvgIpc) is 3.08. The quantitative estimate of drug-likeness (QED) is 0.749. The monoisotopic (exact) mass is 385 g/mol. The fraction of sp³-hybridized carbons (Fsp3) is 0.450. The molecule has 2 amide bonds. The molecule has 1 atom stereocenters. The van der Waals surface area contributed by atoms with E-state index in [2.05, 4.69) is 25.6 Å². The lowest BCUT2D eigenvalue weighted by atomic mass is 10.1. The maximum absolute atomic E-state index is 12.3. The van der Waals surface area contributed by atoms with Gasteiger partial charge in [0.1, 0.15) is 5.76 Å². The van der Waals surface area contributed by atoms with Crippen LogP contribution >= 0.6 is 0 Å². The molecule has 0 radical (unpaired) electrons. The van der Waals surface area contributed by atoms with E-state index in [-0.39, 0.29) is 17.9 Å². The fourth-order valence-electron chi connectivity index (χ4n) is 3.23. The molecule has 1 aromatic heterocycles. The maximum Gasteiger partial charge on any atom is 0.239 e. The number of piperazine rings is 1. The first-order chi connectivity index (χ1) is 13.5. The summed E-state index contributed by atoms with van der Waals surface area (Å²) in [6.07, 6.45) is 0. The van der Waals surface area contributed by atoms with Gasteiger partial charge in [0, 0.05) is 32.2 Å². The summed E-state index contributed by atoms with van der Waals surface area (Å²) in [5, 5.41) is 9.53. The molecule has 1 aliphatic heterocycles. The van der Waals surface area contributed by atoms with Gasteiger partial charge in [0.25, 0.3) is 0 Å². The Kier molecular flexibility index (Phi) is 6.78. The van der Waals surface area contributed by atoms with Crippen LogP contribution in [-0.2, 0) is 9.59 Å². The fourth-order valence-corrected chi connectivity index (χ4v) is 3.23. The zero-order valence-corrected chi connectivity index (χ0v) is 16.4. The summed E-state index contributed by atoms with van der Waals surface area (Å²) >= 11 is 0. The number of nitrogens with one attached hydrogen (secondary N) is 2. The van der Waals surface area contributed by atoms with Gasteiger partial charge in [-0.3, -0.25) is 19.4 Å². The normalized spacial score (nSPS) is 16.5. The van der Waals surface area contributed by atoms with Gasteiger partial charge in [-0.1, -0.05) is 35.5 Å². The first-order valence-electron chi connectivity index (χ1n) is 9.52. The molecule has 1 aliphatic rings. The molecule has 8 heteroatoms. The summed E-state index contributed by atoms with van der Waals surface area (Å²) in [5.74, 6) is 0.995. The van der Waals surface area contributed by atoms with Gasteiger partial charge in [0.15, 0.2) is 5.82 Å². The van der Waals surface area contributed by atoms with Crippen molar-refractivity contribution in [2.75, 3.05) is 44.6 Å². The summed E-state index contributed by atoms with van der Waals surface area (Å²) in [6.45, 7) is 7.43. The molecule has 28 heavy (non-hydrogen) atoms. The number of carbonyl (C=O) groups excluding carboxylic acids is 2. The van der Waals surface area contributed by atoms with Crippen LogP contribution in [0, 0.1) is 6.92 Å². The first-order valence-corrected chi connectivity index (χ1v) is 9.52. The van der Waals surface area contributed by atoms with Crippen molar-refractivity contribution in [2.24, 2.45) is 0 Å². The van der Waals surface area contributed by atoms with Crippen molar-refractivity contribution < 1.29 is 14.1 Å². The predicted octanol–water partition coefficient (Wildman–Crippen LogP) is 1.42. The Balaban J connectivity index is 1.36. The average molecular weight is 385 g/mol. The maximum atomic E-state index is 12.3. The number of anilines is 1. The van der Waals surface area contributed by atoms with E-state index in [1.807, 2.05) is 37.3 Å². The van der Waals surface area contributed by atoms with E-state index in [4.69, 9.17) is 4.52 Å². The number of benzene rings is 1. The molecule has 1 fully saturated rings. The molecular formula is C20H27N5O3. The van der Waals surface area contributed by atoms with Crippen molar-refractivity contribution in [1.29, 1.82) is 0 Å². The number of aromatic nitrogens is 1. The Labute approximate surface area is 164 Å². The van der Waals surface area contributed by atoms with Crippen LogP contribution in [0.15, 0.2) is 40.9 Å². The second-order valence-electron chi connectivity index (χ2n) is 7.12. The van der Waals surface area contributed by atoms with Crippen LogP contribution in [0.25, 0.3) is 0 Å². The number of amides is 2. The highest BCUT2D eigenvalue weighted by Crippen LogP contribution is 2.11.